The summed E-state index contributed by atoms with van der Waals surface area (Å²) in [4.78, 5) is 21.7. The zero-order valence-corrected chi connectivity index (χ0v) is 15.6. The number of fused-ring (bicyclic) bond motifs is 4. The molecule has 3 aromatic carbocycles. The lowest BCUT2D eigenvalue weighted by molar-refractivity contribution is 0.112. The molecule has 0 aliphatic rings. The van der Waals surface area contributed by atoms with Crippen molar-refractivity contribution in [3.63, 3.8) is 0 Å². The molecular formula is C22H20N6O. The molecular weight excluding hydrogens is 364 g/mol. The predicted molar refractivity (Wildman–Crippen MR) is 117 cm³/mol. The van der Waals surface area contributed by atoms with Crippen LogP contribution in [0.3, 0.4) is 0 Å². The lowest BCUT2D eigenvalue weighted by Gasteiger charge is -2.03. The summed E-state index contributed by atoms with van der Waals surface area (Å²) in [6.07, 6.45) is 0.842. The van der Waals surface area contributed by atoms with Crippen LogP contribution in [-0.4, -0.2) is 21.2 Å². The molecule has 144 valence electrons. The van der Waals surface area contributed by atoms with Crippen LogP contribution >= 0.6 is 0 Å². The number of carbonyl (C=O) groups is 1. The van der Waals surface area contributed by atoms with Crippen LogP contribution in [0.4, 0.5) is 11.8 Å². The topological polar surface area (TPSA) is 137 Å². The maximum absolute atomic E-state index is 10.7. The largest absolute Gasteiger partial charge is 0.383 e. The highest BCUT2D eigenvalue weighted by atomic mass is 16.1. The fourth-order valence-electron chi connectivity index (χ4n) is 3.32. The van der Waals surface area contributed by atoms with E-state index in [1.54, 1.807) is 0 Å². The summed E-state index contributed by atoms with van der Waals surface area (Å²) in [5.74, 6) is 0.584. The molecule has 7 N–H and O–H groups in total. The Morgan fingerprint density at radius 3 is 2.52 bits per heavy atom. The standard InChI is InChI=1S/C13H9NO.C9H11N5/c15-8-10-7-12-11-4-2-1-3-9(11)5-6-13(12)14-10;10-4-5-1-2-6-7(3-5)13-9(12)14-8(6)11/h1-8,14H;1-3H,4,10H2,(H4,11,12,13,14). The Labute approximate surface area is 166 Å². The highest BCUT2D eigenvalue weighted by Gasteiger charge is 2.04. The fourth-order valence-corrected chi connectivity index (χ4v) is 3.32. The first kappa shape index (κ1) is 18.4. The minimum Gasteiger partial charge on any atom is -0.383 e. The molecule has 2 heterocycles. The van der Waals surface area contributed by atoms with E-state index >= 15 is 0 Å². The molecule has 0 saturated heterocycles. The minimum atomic E-state index is 0.184. The van der Waals surface area contributed by atoms with Crippen LogP contribution in [0.25, 0.3) is 32.6 Å². The van der Waals surface area contributed by atoms with E-state index < -0.39 is 0 Å². The van der Waals surface area contributed by atoms with Gasteiger partial charge in [-0.25, -0.2) is 4.98 Å². The molecule has 0 fully saturated rings. The molecule has 0 amide bonds. The second-order valence-electron chi connectivity index (χ2n) is 6.61. The van der Waals surface area contributed by atoms with Crippen LogP contribution in [0.2, 0.25) is 0 Å². The number of nitrogens with two attached hydrogens (primary N) is 3. The Kier molecular flexibility index (Phi) is 4.80. The van der Waals surface area contributed by atoms with Gasteiger partial charge < -0.3 is 22.2 Å². The summed E-state index contributed by atoms with van der Waals surface area (Å²) in [5.41, 5.74) is 20.0. The van der Waals surface area contributed by atoms with E-state index in [0.29, 0.717) is 18.1 Å². The van der Waals surface area contributed by atoms with Crippen molar-refractivity contribution >= 4 is 50.6 Å². The Balaban J connectivity index is 0.000000142. The number of benzene rings is 3. The van der Waals surface area contributed by atoms with E-state index in [2.05, 4.69) is 33.2 Å². The molecule has 2 aromatic heterocycles. The van der Waals surface area contributed by atoms with Crippen molar-refractivity contribution in [2.75, 3.05) is 11.5 Å². The van der Waals surface area contributed by atoms with Gasteiger partial charge in [-0.3, -0.25) is 4.79 Å². The molecule has 0 unspecified atom stereocenters. The summed E-state index contributed by atoms with van der Waals surface area (Å²) in [6, 6.07) is 19.7. The van der Waals surface area contributed by atoms with Gasteiger partial charge in [-0.2, -0.15) is 4.98 Å². The third-order valence-electron chi connectivity index (χ3n) is 4.72. The van der Waals surface area contributed by atoms with Gasteiger partial charge in [0, 0.05) is 22.8 Å². The van der Waals surface area contributed by atoms with Crippen molar-refractivity contribution in [1.82, 2.24) is 15.0 Å². The second-order valence-corrected chi connectivity index (χ2v) is 6.61. The van der Waals surface area contributed by atoms with Gasteiger partial charge in [-0.05, 0) is 40.6 Å². The van der Waals surface area contributed by atoms with Crippen molar-refractivity contribution in [2.45, 2.75) is 6.54 Å². The number of carbonyl (C=O) groups excluding carboxylic acids is 1. The van der Waals surface area contributed by atoms with E-state index in [-0.39, 0.29) is 5.95 Å². The molecule has 0 aliphatic heterocycles. The smallest absolute Gasteiger partial charge is 0.222 e. The highest BCUT2D eigenvalue weighted by molar-refractivity contribution is 6.08. The number of hydrogen-bond donors (Lipinski definition) is 4. The third-order valence-corrected chi connectivity index (χ3v) is 4.72. The first-order chi connectivity index (χ1) is 14.1. The zero-order valence-electron chi connectivity index (χ0n) is 15.6. The minimum absolute atomic E-state index is 0.184. The number of aromatic amines is 1. The number of aromatic nitrogens is 3. The number of nitrogens with zero attached hydrogens (tertiary/aromatic N) is 2. The molecule has 7 heteroatoms. The van der Waals surface area contributed by atoms with Gasteiger partial charge in [0.15, 0.2) is 6.29 Å². The van der Waals surface area contributed by atoms with E-state index in [1.165, 1.54) is 10.8 Å². The number of rotatable bonds is 2. The summed E-state index contributed by atoms with van der Waals surface area (Å²) >= 11 is 0. The number of anilines is 2. The number of nitrogen functional groups attached to an aromatic ring is 2. The lowest BCUT2D eigenvalue weighted by Crippen LogP contribution is -2.02. The van der Waals surface area contributed by atoms with Crippen molar-refractivity contribution in [3.05, 3.63) is 71.9 Å². The maximum Gasteiger partial charge on any atom is 0.222 e. The molecule has 29 heavy (non-hydrogen) atoms. The van der Waals surface area contributed by atoms with Gasteiger partial charge in [0.25, 0.3) is 0 Å². The van der Waals surface area contributed by atoms with E-state index in [0.717, 1.165) is 33.7 Å². The van der Waals surface area contributed by atoms with Crippen LogP contribution in [0.1, 0.15) is 16.1 Å². The van der Waals surface area contributed by atoms with Crippen LogP contribution in [0.15, 0.2) is 60.7 Å². The van der Waals surface area contributed by atoms with Crippen LogP contribution in [0.5, 0.6) is 0 Å². The highest BCUT2D eigenvalue weighted by Crippen LogP contribution is 2.25. The molecule has 0 radical (unpaired) electrons. The van der Waals surface area contributed by atoms with Crippen molar-refractivity contribution in [3.8, 4) is 0 Å². The Hall–Kier alpha value is -3.97. The van der Waals surface area contributed by atoms with E-state index in [1.807, 2.05) is 42.5 Å². The SMILES string of the molecule is NCc1ccc2c(N)nc(N)nc2c1.O=Cc1cc2c(ccc3ccccc32)[nH]1. The van der Waals surface area contributed by atoms with E-state index in [4.69, 9.17) is 17.2 Å². The molecule has 0 saturated carbocycles. The summed E-state index contributed by atoms with van der Waals surface area (Å²) in [7, 11) is 0. The number of aldehydes is 1. The van der Waals surface area contributed by atoms with Crippen LogP contribution < -0.4 is 17.2 Å². The monoisotopic (exact) mass is 384 g/mol. The summed E-state index contributed by atoms with van der Waals surface area (Å²) in [6.45, 7) is 0.472. The Morgan fingerprint density at radius 1 is 0.897 bits per heavy atom. The van der Waals surface area contributed by atoms with Gasteiger partial charge in [-0.15, -0.1) is 0 Å². The molecule has 7 nitrogen and oxygen atoms in total. The van der Waals surface area contributed by atoms with Crippen molar-refractivity contribution in [1.29, 1.82) is 0 Å². The summed E-state index contributed by atoms with van der Waals surface area (Å²) < 4.78 is 0. The number of nitrogens with one attached hydrogen (secondary N) is 1. The Bertz CT molecular complexity index is 1340. The van der Waals surface area contributed by atoms with Gasteiger partial charge in [0.2, 0.25) is 5.95 Å². The quantitative estimate of drug-likeness (QED) is 0.344. The number of H-pyrrole nitrogens is 1. The van der Waals surface area contributed by atoms with Crippen molar-refractivity contribution < 1.29 is 4.79 Å². The molecule has 0 atom stereocenters. The van der Waals surface area contributed by atoms with E-state index in [9.17, 15) is 4.79 Å². The zero-order chi connectivity index (χ0) is 20.4. The normalized spacial score (nSPS) is 10.8. The van der Waals surface area contributed by atoms with Gasteiger partial charge in [0.1, 0.15) is 5.82 Å². The van der Waals surface area contributed by atoms with Gasteiger partial charge >= 0.3 is 0 Å². The molecule has 5 rings (SSSR count). The predicted octanol–water partition coefficient (Wildman–Crippen LogP) is 3.39. The average Bonchev–Trinajstić information content (AvgIpc) is 3.17. The third kappa shape index (κ3) is 3.59. The maximum atomic E-state index is 10.7. The second kappa shape index (κ2) is 7.57. The first-order valence-corrected chi connectivity index (χ1v) is 9.06. The Morgan fingerprint density at radius 2 is 1.72 bits per heavy atom. The number of hydrogen-bond acceptors (Lipinski definition) is 6. The van der Waals surface area contributed by atoms with Crippen molar-refractivity contribution in [2.24, 2.45) is 5.73 Å². The fraction of sp³-hybridized carbons (Fsp3) is 0.0455. The van der Waals surface area contributed by atoms with Gasteiger partial charge in [-0.1, -0.05) is 36.4 Å². The average molecular weight is 384 g/mol. The van der Waals surface area contributed by atoms with Crippen LogP contribution in [0, 0.1) is 0 Å². The molecule has 0 spiro atoms. The molecule has 0 aliphatic carbocycles. The molecule has 5 aromatic rings. The summed E-state index contributed by atoms with van der Waals surface area (Å²) in [5, 5.41) is 4.28. The molecule has 0 bridgehead atoms. The lowest BCUT2D eigenvalue weighted by atomic mass is 10.1. The van der Waals surface area contributed by atoms with Gasteiger partial charge in [0.05, 0.1) is 11.2 Å². The first-order valence-electron chi connectivity index (χ1n) is 9.06. The van der Waals surface area contributed by atoms with Crippen LogP contribution in [-0.2, 0) is 6.54 Å².